The molecule has 4 aliphatic rings. The normalized spacial score (nSPS) is 23.6. The fourth-order valence-electron chi connectivity index (χ4n) is 8.12. The number of rotatable bonds is 11. The van der Waals surface area contributed by atoms with Crippen LogP contribution in [0.25, 0.3) is 0 Å². The van der Waals surface area contributed by atoms with E-state index in [0.717, 1.165) is 43.1 Å². The van der Waals surface area contributed by atoms with E-state index in [2.05, 4.69) is 20.9 Å². The number of amides is 3. The number of carboxylic acids is 2. The molecule has 3 amide bonds. The molecule has 4 bridgehead atoms. The second-order valence-corrected chi connectivity index (χ2v) is 13.0. The summed E-state index contributed by atoms with van der Waals surface area (Å²) in [6.07, 6.45) is 10.4. The van der Waals surface area contributed by atoms with Crippen LogP contribution in [0, 0.1) is 23.2 Å². The molecule has 0 radical (unpaired) electrons. The lowest BCUT2D eigenvalue weighted by atomic mass is 9.49. The van der Waals surface area contributed by atoms with Crippen LogP contribution >= 0.6 is 0 Å². The molecule has 6 N–H and O–H groups in total. The van der Waals surface area contributed by atoms with E-state index in [1.807, 2.05) is 0 Å². The summed E-state index contributed by atoms with van der Waals surface area (Å²) < 4.78 is 0. The maximum absolute atomic E-state index is 13.5. The standard InChI is InChI=1S/C34H36N4O7/c39-29(27-15-35-16-28(27)30(40)37-18-34-12-19-6-20(13-34)8-21(7-19)14-34)36-17-26(22-4-2-1-3-5-22)31(41)38-25-10-23(32(42)43)9-24(11-25)33(44)45/h1-5,9-11,15-16,19-21,26,35H,6-8,12-14,17-18H2,(H,36,39)(H,37,40)(H,38,41)(H,42,43)(H,44,45). The fraction of sp³-hybridized carbons (Fsp3) is 0.382. The van der Waals surface area contributed by atoms with Crippen molar-refractivity contribution in [3.8, 4) is 0 Å². The van der Waals surface area contributed by atoms with E-state index in [0.29, 0.717) is 12.1 Å². The summed E-state index contributed by atoms with van der Waals surface area (Å²) in [7, 11) is 0. The zero-order valence-corrected chi connectivity index (χ0v) is 24.7. The number of aromatic nitrogens is 1. The van der Waals surface area contributed by atoms with E-state index in [9.17, 15) is 34.2 Å². The minimum atomic E-state index is -1.34. The number of H-pyrrole nitrogens is 1. The van der Waals surface area contributed by atoms with Crippen LogP contribution in [0.5, 0.6) is 0 Å². The Balaban J connectivity index is 1.13. The Morgan fingerprint density at radius 3 is 1.84 bits per heavy atom. The molecule has 0 aliphatic heterocycles. The van der Waals surface area contributed by atoms with Crippen LogP contribution in [0.4, 0.5) is 5.69 Å². The van der Waals surface area contributed by atoms with Crippen molar-refractivity contribution in [1.82, 2.24) is 15.6 Å². The highest BCUT2D eigenvalue weighted by atomic mass is 16.4. The second-order valence-electron chi connectivity index (χ2n) is 13.0. The number of carbonyl (C=O) groups excluding carboxylic acids is 3. The summed E-state index contributed by atoms with van der Waals surface area (Å²) in [5.74, 6) is -2.75. The van der Waals surface area contributed by atoms with Crippen LogP contribution in [0.3, 0.4) is 0 Å². The van der Waals surface area contributed by atoms with Gasteiger partial charge in [-0.1, -0.05) is 30.3 Å². The summed E-state index contributed by atoms with van der Waals surface area (Å²) in [5, 5.41) is 27.3. The van der Waals surface area contributed by atoms with Crippen LogP contribution in [0.15, 0.2) is 60.9 Å². The van der Waals surface area contributed by atoms with E-state index in [1.165, 1.54) is 43.8 Å². The molecule has 1 unspecified atom stereocenters. The number of carbonyl (C=O) groups is 5. The molecule has 4 aliphatic carbocycles. The van der Waals surface area contributed by atoms with Crippen LogP contribution in [-0.4, -0.2) is 57.9 Å². The van der Waals surface area contributed by atoms with Crippen molar-refractivity contribution in [2.75, 3.05) is 18.4 Å². The Hall–Kier alpha value is -4.93. The molecule has 1 aromatic heterocycles. The number of anilines is 1. The molecule has 45 heavy (non-hydrogen) atoms. The van der Waals surface area contributed by atoms with Gasteiger partial charge in [0.25, 0.3) is 11.8 Å². The molecule has 7 rings (SSSR count). The van der Waals surface area contributed by atoms with Crippen molar-refractivity contribution in [3.05, 3.63) is 88.7 Å². The Labute approximate surface area is 259 Å². The Bertz CT molecular complexity index is 1580. The van der Waals surface area contributed by atoms with Gasteiger partial charge >= 0.3 is 11.9 Å². The number of hydrogen-bond donors (Lipinski definition) is 6. The molecule has 3 aromatic rings. The third-order valence-corrected chi connectivity index (χ3v) is 9.70. The van der Waals surface area contributed by atoms with E-state index in [4.69, 9.17) is 0 Å². The first-order chi connectivity index (χ1) is 21.6. The summed E-state index contributed by atoms with van der Waals surface area (Å²) in [5.41, 5.74) is 0.510. The van der Waals surface area contributed by atoms with Crippen molar-refractivity contribution < 1.29 is 34.2 Å². The average molecular weight is 613 g/mol. The highest BCUT2D eigenvalue weighted by Gasteiger charge is 2.50. The summed E-state index contributed by atoms with van der Waals surface area (Å²) in [6, 6.07) is 12.0. The van der Waals surface area contributed by atoms with Gasteiger partial charge in [-0.15, -0.1) is 0 Å². The van der Waals surface area contributed by atoms with Gasteiger partial charge in [0.15, 0.2) is 0 Å². The van der Waals surface area contributed by atoms with Crippen molar-refractivity contribution in [2.24, 2.45) is 23.2 Å². The minimum absolute atomic E-state index is 0.00632. The fourth-order valence-corrected chi connectivity index (χ4v) is 8.12. The Kier molecular flexibility index (Phi) is 8.18. The molecular weight excluding hydrogens is 576 g/mol. The Morgan fingerprint density at radius 1 is 0.778 bits per heavy atom. The zero-order valence-electron chi connectivity index (χ0n) is 24.7. The number of aromatic carboxylic acids is 2. The van der Waals surface area contributed by atoms with Gasteiger partial charge in [-0.2, -0.15) is 0 Å². The number of carboxylic acid groups (broad SMARTS) is 2. The van der Waals surface area contributed by atoms with Gasteiger partial charge in [-0.05, 0) is 85.5 Å². The molecule has 4 fully saturated rings. The lowest BCUT2D eigenvalue weighted by molar-refractivity contribution is -0.117. The van der Waals surface area contributed by atoms with Gasteiger partial charge in [0.2, 0.25) is 5.91 Å². The minimum Gasteiger partial charge on any atom is -0.478 e. The molecule has 234 valence electrons. The Morgan fingerprint density at radius 2 is 1.31 bits per heavy atom. The molecule has 4 saturated carbocycles. The van der Waals surface area contributed by atoms with Crippen molar-refractivity contribution in [3.63, 3.8) is 0 Å². The van der Waals surface area contributed by atoms with Gasteiger partial charge in [0.05, 0.1) is 28.2 Å². The molecule has 11 nitrogen and oxygen atoms in total. The SMILES string of the molecule is O=C(O)c1cc(NC(=O)C(CNC(=O)c2c[nH]cc2C(=O)NCC23CC4CC(CC(C4)C2)C3)c2ccccc2)cc(C(=O)O)c1. The quantitative estimate of drug-likeness (QED) is 0.184. The number of benzene rings is 2. The van der Waals surface area contributed by atoms with Crippen molar-refractivity contribution >= 4 is 35.3 Å². The first-order valence-electron chi connectivity index (χ1n) is 15.3. The zero-order chi connectivity index (χ0) is 31.7. The third kappa shape index (κ3) is 6.47. The van der Waals surface area contributed by atoms with Gasteiger partial charge < -0.3 is 31.1 Å². The molecular formula is C34H36N4O7. The summed E-state index contributed by atoms with van der Waals surface area (Å²) >= 11 is 0. The monoisotopic (exact) mass is 612 g/mol. The lowest BCUT2D eigenvalue weighted by Gasteiger charge is -2.56. The van der Waals surface area contributed by atoms with Crippen molar-refractivity contribution in [2.45, 2.75) is 44.4 Å². The number of aromatic amines is 1. The molecule has 1 atom stereocenters. The topological polar surface area (TPSA) is 178 Å². The van der Waals surface area contributed by atoms with Crippen molar-refractivity contribution in [1.29, 1.82) is 0 Å². The van der Waals surface area contributed by atoms with E-state index < -0.39 is 29.7 Å². The molecule has 0 saturated heterocycles. The highest BCUT2D eigenvalue weighted by molar-refractivity contribution is 6.07. The first-order valence-corrected chi connectivity index (χ1v) is 15.3. The second kappa shape index (κ2) is 12.2. The molecule has 0 spiro atoms. The van der Waals surface area contributed by atoms with Crippen LogP contribution in [0.2, 0.25) is 0 Å². The molecule has 11 heteroatoms. The van der Waals surface area contributed by atoms with Gasteiger partial charge in [0, 0.05) is 31.2 Å². The number of hydrogen-bond acceptors (Lipinski definition) is 5. The maximum Gasteiger partial charge on any atom is 0.335 e. The van der Waals surface area contributed by atoms with Gasteiger partial charge in [-0.3, -0.25) is 14.4 Å². The lowest BCUT2D eigenvalue weighted by Crippen LogP contribution is -2.51. The molecule has 2 aromatic carbocycles. The van der Waals surface area contributed by atoms with E-state index in [1.54, 1.807) is 30.3 Å². The highest BCUT2D eigenvalue weighted by Crippen LogP contribution is 2.59. The van der Waals surface area contributed by atoms with Crippen LogP contribution in [-0.2, 0) is 4.79 Å². The molecule has 1 heterocycles. The van der Waals surface area contributed by atoms with E-state index in [-0.39, 0.29) is 45.8 Å². The predicted octanol–water partition coefficient (Wildman–Crippen LogP) is 4.51. The predicted molar refractivity (Wildman–Crippen MR) is 164 cm³/mol. The average Bonchev–Trinajstić information content (AvgIpc) is 3.50. The van der Waals surface area contributed by atoms with Gasteiger partial charge in [0.1, 0.15) is 0 Å². The van der Waals surface area contributed by atoms with Crippen LogP contribution < -0.4 is 16.0 Å². The van der Waals surface area contributed by atoms with Gasteiger partial charge in [-0.25, -0.2) is 9.59 Å². The largest absolute Gasteiger partial charge is 0.478 e. The smallest absolute Gasteiger partial charge is 0.335 e. The first kappa shape index (κ1) is 30.1. The summed E-state index contributed by atoms with van der Waals surface area (Å²) in [4.78, 5) is 66.0. The third-order valence-electron chi connectivity index (χ3n) is 9.70. The summed E-state index contributed by atoms with van der Waals surface area (Å²) in [6.45, 7) is 0.461. The van der Waals surface area contributed by atoms with Crippen LogP contribution in [0.1, 0.15) is 91.4 Å². The maximum atomic E-state index is 13.5. The number of nitrogens with one attached hydrogen (secondary N) is 4. The van der Waals surface area contributed by atoms with E-state index >= 15 is 0 Å².